The van der Waals surface area contributed by atoms with E-state index in [9.17, 15) is 4.79 Å². The van der Waals surface area contributed by atoms with Crippen LogP contribution in [0.15, 0.2) is 42.5 Å². The minimum Gasteiger partial charge on any atom is -0.376 e. The Labute approximate surface area is 178 Å². The summed E-state index contributed by atoms with van der Waals surface area (Å²) >= 11 is 0. The SMILES string of the molecule is CC(=O)N1c2ccc(N3CCNCC3)nc2C(Nc2ccccc2)[C@@H](C)C1C1CC1. The summed E-state index contributed by atoms with van der Waals surface area (Å²) in [5.41, 5.74) is 3.07. The predicted molar refractivity (Wildman–Crippen MR) is 121 cm³/mol. The number of carbonyl (C=O) groups is 1. The number of fused-ring (bicyclic) bond motifs is 1. The van der Waals surface area contributed by atoms with E-state index in [1.54, 1.807) is 6.92 Å². The molecule has 158 valence electrons. The molecule has 30 heavy (non-hydrogen) atoms. The van der Waals surface area contributed by atoms with Crippen molar-refractivity contribution in [2.75, 3.05) is 41.3 Å². The molecule has 1 saturated heterocycles. The van der Waals surface area contributed by atoms with Gasteiger partial charge in [0.2, 0.25) is 5.91 Å². The fourth-order valence-corrected chi connectivity index (χ4v) is 5.17. The molecule has 2 aliphatic heterocycles. The van der Waals surface area contributed by atoms with E-state index in [0.717, 1.165) is 49.1 Å². The molecule has 1 saturated carbocycles. The topological polar surface area (TPSA) is 60.5 Å². The first kappa shape index (κ1) is 19.4. The number of nitrogens with zero attached hydrogens (tertiary/aromatic N) is 3. The van der Waals surface area contributed by atoms with Gasteiger partial charge >= 0.3 is 0 Å². The molecular weight excluding hydrogens is 374 g/mol. The molecule has 0 spiro atoms. The number of anilines is 3. The summed E-state index contributed by atoms with van der Waals surface area (Å²) in [4.78, 5) is 22.3. The Morgan fingerprint density at radius 1 is 1.10 bits per heavy atom. The smallest absolute Gasteiger partial charge is 0.224 e. The number of aromatic nitrogens is 1. The Hall–Kier alpha value is -2.60. The average Bonchev–Trinajstić information content (AvgIpc) is 3.61. The van der Waals surface area contributed by atoms with Gasteiger partial charge in [-0.3, -0.25) is 4.79 Å². The zero-order valence-corrected chi connectivity index (χ0v) is 17.8. The van der Waals surface area contributed by atoms with E-state index in [1.807, 2.05) is 11.0 Å². The van der Waals surface area contributed by atoms with E-state index in [0.29, 0.717) is 5.92 Å². The number of amides is 1. The normalized spacial score (nSPS) is 26.3. The van der Waals surface area contributed by atoms with Crippen LogP contribution >= 0.6 is 0 Å². The molecule has 1 aromatic carbocycles. The van der Waals surface area contributed by atoms with Gasteiger partial charge in [0.1, 0.15) is 5.82 Å². The Morgan fingerprint density at radius 3 is 2.50 bits per heavy atom. The van der Waals surface area contributed by atoms with Crippen LogP contribution in [-0.4, -0.2) is 43.1 Å². The summed E-state index contributed by atoms with van der Waals surface area (Å²) in [6.07, 6.45) is 2.41. The summed E-state index contributed by atoms with van der Waals surface area (Å²) in [5.74, 6) is 2.00. The standard InChI is InChI=1S/C24H31N5O/c1-16-22(26-19-6-4-3-5-7-19)23-20(29(17(2)30)24(16)18-8-9-18)10-11-21(27-23)28-14-12-25-13-15-28/h3-7,10-11,16,18,22,24-26H,8-9,12-15H2,1-2H3/t16-,22?,24?/m1/s1. The van der Waals surface area contributed by atoms with Crippen LogP contribution in [0, 0.1) is 11.8 Å². The van der Waals surface area contributed by atoms with Crippen molar-refractivity contribution >= 4 is 23.1 Å². The molecule has 2 fully saturated rings. The van der Waals surface area contributed by atoms with Crippen molar-refractivity contribution in [1.82, 2.24) is 10.3 Å². The highest BCUT2D eigenvalue weighted by molar-refractivity contribution is 5.94. The molecule has 3 atom stereocenters. The largest absolute Gasteiger partial charge is 0.376 e. The second kappa shape index (κ2) is 7.91. The summed E-state index contributed by atoms with van der Waals surface area (Å²) in [5, 5.41) is 7.17. The quantitative estimate of drug-likeness (QED) is 0.816. The number of piperazine rings is 1. The maximum absolute atomic E-state index is 12.8. The highest BCUT2D eigenvalue weighted by Gasteiger charge is 2.48. The molecule has 6 nitrogen and oxygen atoms in total. The Morgan fingerprint density at radius 2 is 1.83 bits per heavy atom. The Kier molecular flexibility index (Phi) is 5.11. The molecule has 2 aromatic rings. The van der Waals surface area contributed by atoms with Crippen molar-refractivity contribution in [3.05, 3.63) is 48.2 Å². The summed E-state index contributed by atoms with van der Waals surface area (Å²) in [7, 11) is 0. The van der Waals surface area contributed by atoms with Crippen LogP contribution in [0.5, 0.6) is 0 Å². The number of carbonyl (C=O) groups excluding carboxylic acids is 1. The van der Waals surface area contributed by atoms with Gasteiger partial charge in [0.15, 0.2) is 0 Å². The Balaban J connectivity index is 1.58. The van der Waals surface area contributed by atoms with Gasteiger partial charge in [0.05, 0.1) is 17.4 Å². The van der Waals surface area contributed by atoms with Crippen LogP contribution in [0.3, 0.4) is 0 Å². The molecule has 1 aromatic heterocycles. The monoisotopic (exact) mass is 405 g/mol. The maximum Gasteiger partial charge on any atom is 0.224 e. The van der Waals surface area contributed by atoms with Gasteiger partial charge in [0.25, 0.3) is 0 Å². The van der Waals surface area contributed by atoms with E-state index in [2.05, 4.69) is 58.9 Å². The summed E-state index contributed by atoms with van der Waals surface area (Å²) in [6, 6.07) is 14.9. The molecule has 2 unspecified atom stereocenters. The molecule has 0 radical (unpaired) electrons. The van der Waals surface area contributed by atoms with Crippen LogP contribution in [-0.2, 0) is 4.79 Å². The number of para-hydroxylation sites is 1. The first-order valence-corrected chi connectivity index (χ1v) is 11.2. The van der Waals surface area contributed by atoms with Gasteiger partial charge in [-0.2, -0.15) is 0 Å². The van der Waals surface area contributed by atoms with E-state index < -0.39 is 0 Å². The van der Waals surface area contributed by atoms with E-state index in [1.165, 1.54) is 12.8 Å². The van der Waals surface area contributed by atoms with Crippen molar-refractivity contribution in [3.8, 4) is 0 Å². The van der Waals surface area contributed by atoms with Gasteiger partial charge in [-0.1, -0.05) is 25.1 Å². The number of benzene rings is 1. The lowest BCUT2D eigenvalue weighted by atomic mass is 9.82. The molecule has 3 heterocycles. The third-order valence-electron chi connectivity index (χ3n) is 6.79. The van der Waals surface area contributed by atoms with Crippen LogP contribution in [0.2, 0.25) is 0 Å². The second-order valence-electron chi connectivity index (χ2n) is 8.88. The molecule has 0 bridgehead atoms. The van der Waals surface area contributed by atoms with E-state index >= 15 is 0 Å². The lowest BCUT2D eigenvalue weighted by Crippen LogP contribution is -2.51. The molecule has 1 aliphatic carbocycles. The van der Waals surface area contributed by atoms with Crippen molar-refractivity contribution in [2.45, 2.75) is 38.8 Å². The van der Waals surface area contributed by atoms with Gasteiger partial charge in [0, 0.05) is 50.7 Å². The first-order chi connectivity index (χ1) is 14.6. The van der Waals surface area contributed by atoms with Crippen molar-refractivity contribution in [3.63, 3.8) is 0 Å². The number of hydrogen-bond acceptors (Lipinski definition) is 5. The molecule has 5 rings (SSSR count). The minimum atomic E-state index is 0.0754. The lowest BCUT2D eigenvalue weighted by Gasteiger charge is -2.45. The second-order valence-corrected chi connectivity index (χ2v) is 8.88. The third-order valence-corrected chi connectivity index (χ3v) is 6.79. The molecule has 6 heteroatoms. The molecule has 2 N–H and O–H groups in total. The van der Waals surface area contributed by atoms with Gasteiger partial charge in [-0.05, 0) is 43.0 Å². The number of hydrogen-bond donors (Lipinski definition) is 2. The molecule has 1 amide bonds. The summed E-state index contributed by atoms with van der Waals surface area (Å²) < 4.78 is 0. The van der Waals surface area contributed by atoms with Crippen molar-refractivity contribution in [1.29, 1.82) is 0 Å². The van der Waals surface area contributed by atoms with Gasteiger partial charge in [-0.15, -0.1) is 0 Å². The fraction of sp³-hybridized carbons (Fsp3) is 0.500. The lowest BCUT2D eigenvalue weighted by molar-refractivity contribution is -0.117. The van der Waals surface area contributed by atoms with Crippen LogP contribution < -0.4 is 20.4 Å². The van der Waals surface area contributed by atoms with E-state index in [-0.39, 0.29) is 23.9 Å². The van der Waals surface area contributed by atoms with Crippen LogP contribution in [0.25, 0.3) is 0 Å². The maximum atomic E-state index is 12.8. The minimum absolute atomic E-state index is 0.0754. The van der Waals surface area contributed by atoms with Crippen molar-refractivity contribution in [2.24, 2.45) is 11.8 Å². The third kappa shape index (κ3) is 3.54. The van der Waals surface area contributed by atoms with Crippen LogP contribution in [0.4, 0.5) is 17.2 Å². The zero-order chi connectivity index (χ0) is 20.7. The fourth-order valence-electron chi connectivity index (χ4n) is 5.17. The number of pyridine rings is 1. The van der Waals surface area contributed by atoms with Crippen LogP contribution in [0.1, 0.15) is 38.4 Å². The molecule has 3 aliphatic rings. The molecular formula is C24H31N5O. The first-order valence-electron chi connectivity index (χ1n) is 11.2. The number of rotatable bonds is 4. The van der Waals surface area contributed by atoms with Gasteiger partial charge in [-0.25, -0.2) is 4.98 Å². The highest BCUT2D eigenvalue weighted by atomic mass is 16.2. The van der Waals surface area contributed by atoms with Gasteiger partial charge < -0.3 is 20.4 Å². The van der Waals surface area contributed by atoms with E-state index in [4.69, 9.17) is 4.98 Å². The number of nitrogens with one attached hydrogen (secondary N) is 2. The predicted octanol–water partition coefficient (Wildman–Crippen LogP) is 3.43. The Bertz CT molecular complexity index is 907. The average molecular weight is 406 g/mol. The zero-order valence-electron chi connectivity index (χ0n) is 17.8. The van der Waals surface area contributed by atoms with Crippen molar-refractivity contribution < 1.29 is 4.79 Å². The summed E-state index contributed by atoms with van der Waals surface area (Å²) in [6.45, 7) is 7.84. The highest BCUT2D eigenvalue weighted by Crippen LogP contribution is 2.49.